The minimum atomic E-state index is -0.604. The molecule has 0 saturated heterocycles. The van der Waals surface area contributed by atoms with Gasteiger partial charge in [0, 0.05) is 40.3 Å². The van der Waals surface area contributed by atoms with Crippen molar-refractivity contribution >= 4 is 5.91 Å². The van der Waals surface area contributed by atoms with Gasteiger partial charge in [-0.3, -0.25) is 14.6 Å². The molecule has 1 aromatic carbocycles. The first kappa shape index (κ1) is 21.1. The van der Waals surface area contributed by atoms with Gasteiger partial charge in [0.2, 0.25) is 5.91 Å². The van der Waals surface area contributed by atoms with Crippen molar-refractivity contribution < 1.29 is 13.6 Å². The molecule has 0 spiro atoms. The van der Waals surface area contributed by atoms with Crippen molar-refractivity contribution in [3.05, 3.63) is 76.5 Å². The van der Waals surface area contributed by atoms with E-state index in [9.17, 15) is 9.59 Å². The van der Waals surface area contributed by atoms with Gasteiger partial charge in [0.1, 0.15) is 17.9 Å². The van der Waals surface area contributed by atoms with E-state index in [2.05, 4.69) is 20.4 Å². The van der Waals surface area contributed by atoms with Crippen LogP contribution in [0.5, 0.6) is 0 Å². The van der Waals surface area contributed by atoms with Crippen LogP contribution in [0.3, 0.4) is 0 Å². The van der Waals surface area contributed by atoms with E-state index in [4.69, 9.17) is 10.3 Å². The maximum Gasteiger partial charge on any atom is 0.251 e. The van der Waals surface area contributed by atoms with Crippen LogP contribution in [0.25, 0.3) is 34.0 Å². The predicted octanol–water partition coefficient (Wildman–Crippen LogP) is 2.88. The fourth-order valence-electron chi connectivity index (χ4n) is 3.32. The number of pyridine rings is 1. The van der Waals surface area contributed by atoms with E-state index in [-0.39, 0.29) is 16.4 Å². The monoisotopic (exact) mass is 436 g/mol. The summed E-state index contributed by atoms with van der Waals surface area (Å²) >= 11 is 0. The number of aryl methyl sites for hydroxylation is 1. The number of hydrogen-bond acceptors (Lipinski definition) is 7. The van der Waals surface area contributed by atoms with Gasteiger partial charge in [0.15, 0.2) is 5.76 Å². The molecule has 0 aliphatic heterocycles. The largest absolute Gasteiger partial charge is 0.368 e. The first-order valence-corrected chi connectivity index (χ1v) is 9.98. The Bertz CT molecular complexity index is 1340. The number of carbonyl (C=O) groups excluding carboxylic acids is 1. The van der Waals surface area contributed by atoms with Gasteiger partial charge in [-0.15, -0.1) is 0 Å². The standard InChI is InChI=1S/C23H22N6O3.3H2/c1-14-23(20-9-18(28-32-20)16-5-3-15(4-6-16)10-25-2)27-19(11-26-14)17-7-8-22(31)29(12-17)13-21(24)30;;;/h3-9,11-12,25H,10,13H2,1-2H3,(H2,24,30);3*1H. The van der Waals surface area contributed by atoms with Crippen LogP contribution < -0.4 is 16.6 Å². The van der Waals surface area contributed by atoms with Crippen LogP contribution in [0.4, 0.5) is 0 Å². The Hall–Kier alpha value is -4.11. The number of primary amides is 1. The summed E-state index contributed by atoms with van der Waals surface area (Å²) < 4.78 is 6.81. The third kappa shape index (κ3) is 4.47. The molecule has 0 fully saturated rings. The summed E-state index contributed by atoms with van der Waals surface area (Å²) in [6.07, 6.45) is 3.14. The van der Waals surface area contributed by atoms with Crippen LogP contribution >= 0.6 is 0 Å². The Morgan fingerprint density at radius 2 is 1.91 bits per heavy atom. The summed E-state index contributed by atoms with van der Waals surface area (Å²) in [7, 11) is 1.90. The number of benzene rings is 1. The van der Waals surface area contributed by atoms with Crippen molar-refractivity contribution in [2.75, 3.05) is 7.05 Å². The lowest BCUT2D eigenvalue weighted by Crippen LogP contribution is -2.27. The highest BCUT2D eigenvalue weighted by atomic mass is 16.5. The molecule has 3 N–H and O–H groups in total. The molecule has 168 valence electrons. The fourth-order valence-corrected chi connectivity index (χ4v) is 3.32. The average molecular weight is 437 g/mol. The van der Waals surface area contributed by atoms with E-state index < -0.39 is 5.91 Å². The van der Waals surface area contributed by atoms with Crippen LogP contribution in [-0.4, -0.2) is 32.6 Å². The molecular formula is C23H28N6O3. The summed E-state index contributed by atoms with van der Waals surface area (Å²) in [4.78, 5) is 32.3. The van der Waals surface area contributed by atoms with Crippen LogP contribution in [0.1, 0.15) is 15.5 Å². The summed E-state index contributed by atoms with van der Waals surface area (Å²) in [6.45, 7) is 2.41. The molecule has 3 aromatic heterocycles. The molecule has 0 radical (unpaired) electrons. The Balaban J connectivity index is 0.00000204. The SMILES string of the molecule is CNCc1ccc(-c2cc(-c3nc(-c4ccc(=O)n(CC(N)=O)c4)cnc3C)on2)cc1.[HH].[HH].[HH]. The van der Waals surface area contributed by atoms with Gasteiger partial charge < -0.3 is 20.1 Å². The second-order valence-electron chi connectivity index (χ2n) is 7.34. The van der Waals surface area contributed by atoms with E-state index in [1.54, 1.807) is 12.3 Å². The van der Waals surface area contributed by atoms with Crippen molar-refractivity contribution in [2.45, 2.75) is 20.0 Å². The van der Waals surface area contributed by atoms with E-state index >= 15 is 0 Å². The summed E-state index contributed by atoms with van der Waals surface area (Å²) in [5.41, 5.74) is 10.1. The average Bonchev–Trinajstić information content (AvgIpc) is 3.26. The van der Waals surface area contributed by atoms with Gasteiger partial charge in [0.25, 0.3) is 5.56 Å². The molecule has 0 aliphatic rings. The number of nitrogens with zero attached hydrogens (tertiary/aromatic N) is 4. The molecule has 0 aliphatic carbocycles. The van der Waals surface area contributed by atoms with Crippen molar-refractivity contribution in [1.82, 2.24) is 25.0 Å². The molecule has 0 unspecified atom stereocenters. The topological polar surface area (TPSA) is 129 Å². The molecule has 9 heteroatoms. The number of aromatic nitrogens is 4. The van der Waals surface area contributed by atoms with E-state index in [0.29, 0.717) is 34.1 Å². The van der Waals surface area contributed by atoms with Crippen molar-refractivity contribution in [3.63, 3.8) is 0 Å². The molecule has 0 saturated carbocycles. The molecule has 9 nitrogen and oxygen atoms in total. The lowest BCUT2D eigenvalue weighted by Gasteiger charge is -2.08. The molecule has 0 bridgehead atoms. The van der Waals surface area contributed by atoms with Crippen LogP contribution in [0, 0.1) is 6.92 Å². The lowest BCUT2D eigenvalue weighted by molar-refractivity contribution is -0.118. The second kappa shape index (κ2) is 8.94. The van der Waals surface area contributed by atoms with Gasteiger partial charge >= 0.3 is 0 Å². The Labute approximate surface area is 188 Å². The maximum atomic E-state index is 12.0. The minimum Gasteiger partial charge on any atom is -0.368 e. The third-order valence-electron chi connectivity index (χ3n) is 4.94. The highest BCUT2D eigenvalue weighted by Crippen LogP contribution is 2.28. The minimum absolute atomic E-state index is 0. The van der Waals surface area contributed by atoms with Gasteiger partial charge in [0.05, 0.1) is 17.6 Å². The fraction of sp³-hybridized carbons (Fsp3) is 0.174. The van der Waals surface area contributed by atoms with Crippen molar-refractivity contribution in [1.29, 1.82) is 0 Å². The number of amides is 1. The van der Waals surface area contributed by atoms with Gasteiger partial charge in [-0.1, -0.05) is 29.4 Å². The first-order chi connectivity index (χ1) is 15.4. The smallest absolute Gasteiger partial charge is 0.251 e. The van der Waals surface area contributed by atoms with Gasteiger partial charge in [-0.05, 0) is 25.6 Å². The number of rotatable bonds is 7. The molecule has 3 heterocycles. The molecular weight excluding hydrogens is 408 g/mol. The molecule has 32 heavy (non-hydrogen) atoms. The second-order valence-corrected chi connectivity index (χ2v) is 7.34. The zero-order chi connectivity index (χ0) is 22.7. The van der Waals surface area contributed by atoms with E-state index in [1.165, 1.54) is 22.4 Å². The zero-order valence-electron chi connectivity index (χ0n) is 17.7. The highest BCUT2D eigenvalue weighted by Gasteiger charge is 2.15. The Kier molecular flexibility index (Phi) is 5.91. The number of carbonyl (C=O) groups is 1. The predicted molar refractivity (Wildman–Crippen MR) is 126 cm³/mol. The zero-order valence-corrected chi connectivity index (χ0v) is 17.7. The van der Waals surface area contributed by atoms with Crippen molar-refractivity contribution in [3.8, 4) is 34.0 Å². The first-order valence-electron chi connectivity index (χ1n) is 9.98. The molecule has 1 amide bonds. The van der Waals surface area contributed by atoms with E-state index in [0.717, 1.165) is 12.1 Å². The highest BCUT2D eigenvalue weighted by molar-refractivity contribution is 5.74. The van der Waals surface area contributed by atoms with Crippen molar-refractivity contribution in [2.24, 2.45) is 5.73 Å². The number of nitrogens with two attached hydrogens (primary N) is 1. The number of hydrogen-bond donors (Lipinski definition) is 2. The Morgan fingerprint density at radius 3 is 2.62 bits per heavy atom. The van der Waals surface area contributed by atoms with Crippen LogP contribution in [0.15, 0.2) is 64.2 Å². The Morgan fingerprint density at radius 1 is 1.16 bits per heavy atom. The normalized spacial score (nSPS) is 10.9. The molecule has 4 aromatic rings. The third-order valence-corrected chi connectivity index (χ3v) is 4.94. The van der Waals surface area contributed by atoms with Gasteiger partial charge in [-0.25, -0.2) is 4.98 Å². The van der Waals surface area contributed by atoms with Crippen LogP contribution in [-0.2, 0) is 17.9 Å². The summed E-state index contributed by atoms with van der Waals surface area (Å²) in [5, 5.41) is 7.30. The lowest BCUT2D eigenvalue weighted by atomic mass is 10.1. The summed E-state index contributed by atoms with van der Waals surface area (Å²) in [6, 6.07) is 12.9. The number of nitrogens with one attached hydrogen (secondary N) is 1. The summed E-state index contributed by atoms with van der Waals surface area (Å²) in [5.74, 6) is -0.121. The van der Waals surface area contributed by atoms with Crippen LogP contribution in [0.2, 0.25) is 0 Å². The maximum absolute atomic E-state index is 12.0. The molecule has 4 rings (SSSR count). The van der Waals surface area contributed by atoms with Gasteiger partial charge in [-0.2, -0.15) is 0 Å². The quantitative estimate of drug-likeness (QED) is 0.456. The van der Waals surface area contributed by atoms with E-state index in [1.807, 2.05) is 44.3 Å². The molecule has 0 atom stereocenters.